The van der Waals surface area contributed by atoms with E-state index >= 15 is 0 Å². The largest absolute Gasteiger partial charge is 0.478 e. The Labute approximate surface area is 89.7 Å². The molecule has 1 N–H and O–H groups in total. The molecule has 0 aliphatic heterocycles. The molecule has 0 amide bonds. The van der Waals surface area contributed by atoms with Gasteiger partial charge in [0.15, 0.2) is 6.10 Å². The Morgan fingerprint density at radius 1 is 1.27 bits per heavy atom. The number of aryl methyl sites for hydroxylation is 1. The van der Waals surface area contributed by atoms with Crippen LogP contribution in [0.25, 0.3) is 0 Å². The lowest BCUT2D eigenvalue weighted by Crippen LogP contribution is -2.32. The highest BCUT2D eigenvalue weighted by atomic mass is 16.5. The van der Waals surface area contributed by atoms with Crippen molar-refractivity contribution in [1.29, 1.82) is 0 Å². The number of ether oxygens (including phenoxy) is 1. The zero-order valence-corrected chi connectivity index (χ0v) is 9.23. The molecule has 1 atom stereocenters. The molecule has 0 radical (unpaired) electrons. The van der Waals surface area contributed by atoms with E-state index in [0.29, 0.717) is 5.75 Å². The van der Waals surface area contributed by atoms with E-state index in [0.717, 1.165) is 5.56 Å². The fraction of sp³-hybridized carbons (Fsp3) is 0.417. The second-order valence-corrected chi connectivity index (χ2v) is 3.93. The summed E-state index contributed by atoms with van der Waals surface area (Å²) in [7, 11) is 0. The van der Waals surface area contributed by atoms with Gasteiger partial charge in [-0.2, -0.15) is 0 Å². The van der Waals surface area contributed by atoms with Crippen molar-refractivity contribution in [3.63, 3.8) is 0 Å². The van der Waals surface area contributed by atoms with Gasteiger partial charge in [-0.15, -0.1) is 0 Å². The lowest BCUT2D eigenvalue weighted by Gasteiger charge is -2.18. The lowest BCUT2D eigenvalue weighted by atomic mass is 10.1. The van der Waals surface area contributed by atoms with Crippen molar-refractivity contribution < 1.29 is 14.6 Å². The van der Waals surface area contributed by atoms with Gasteiger partial charge in [0, 0.05) is 5.92 Å². The number of carbonyl (C=O) groups is 1. The molecule has 0 aliphatic rings. The zero-order chi connectivity index (χ0) is 11.4. The molecule has 15 heavy (non-hydrogen) atoms. The molecular formula is C12H16O3. The van der Waals surface area contributed by atoms with Crippen molar-refractivity contribution in [3.8, 4) is 5.75 Å². The minimum atomic E-state index is -0.925. The summed E-state index contributed by atoms with van der Waals surface area (Å²) in [6.45, 7) is 5.63. The maximum Gasteiger partial charge on any atom is 0.345 e. The Morgan fingerprint density at radius 2 is 1.80 bits per heavy atom. The molecule has 3 nitrogen and oxygen atoms in total. The summed E-state index contributed by atoms with van der Waals surface area (Å²) >= 11 is 0. The second-order valence-electron chi connectivity index (χ2n) is 3.93. The standard InChI is InChI=1S/C12H16O3/c1-8(2)11(12(13)14)15-10-6-4-9(3)5-7-10/h4-8,11H,1-3H3,(H,13,14)/t11-/m1/s1. The van der Waals surface area contributed by atoms with E-state index in [1.807, 2.05) is 32.9 Å². The predicted octanol–water partition coefficient (Wildman–Crippen LogP) is 2.48. The second kappa shape index (κ2) is 4.82. The molecule has 3 heteroatoms. The van der Waals surface area contributed by atoms with Gasteiger partial charge in [0.1, 0.15) is 5.75 Å². The Hall–Kier alpha value is -1.51. The predicted molar refractivity (Wildman–Crippen MR) is 58.1 cm³/mol. The van der Waals surface area contributed by atoms with E-state index in [9.17, 15) is 4.79 Å². The third-order valence-electron chi connectivity index (χ3n) is 2.13. The van der Waals surface area contributed by atoms with E-state index < -0.39 is 12.1 Å². The van der Waals surface area contributed by atoms with Crippen LogP contribution in [0.3, 0.4) is 0 Å². The van der Waals surface area contributed by atoms with E-state index in [1.54, 1.807) is 12.1 Å². The van der Waals surface area contributed by atoms with Crippen LogP contribution in [0.2, 0.25) is 0 Å². The minimum Gasteiger partial charge on any atom is -0.478 e. The average Bonchev–Trinajstić information content (AvgIpc) is 2.15. The number of carboxylic acid groups (broad SMARTS) is 1. The van der Waals surface area contributed by atoms with Crippen LogP contribution in [0.15, 0.2) is 24.3 Å². The van der Waals surface area contributed by atoms with Crippen molar-refractivity contribution in [2.45, 2.75) is 26.9 Å². The lowest BCUT2D eigenvalue weighted by molar-refractivity contribution is -0.147. The minimum absolute atomic E-state index is 0.0520. The molecule has 82 valence electrons. The number of benzene rings is 1. The number of hydrogen-bond donors (Lipinski definition) is 1. The Bertz CT molecular complexity index is 327. The zero-order valence-electron chi connectivity index (χ0n) is 9.23. The smallest absolute Gasteiger partial charge is 0.345 e. The molecule has 0 fully saturated rings. The molecule has 1 aromatic rings. The summed E-state index contributed by atoms with van der Waals surface area (Å²) in [5, 5.41) is 8.93. The van der Waals surface area contributed by atoms with Gasteiger partial charge in [0.05, 0.1) is 0 Å². The van der Waals surface area contributed by atoms with Crippen LogP contribution in [0.1, 0.15) is 19.4 Å². The van der Waals surface area contributed by atoms with E-state index in [4.69, 9.17) is 9.84 Å². The van der Waals surface area contributed by atoms with Crippen LogP contribution in [0, 0.1) is 12.8 Å². The summed E-state index contributed by atoms with van der Waals surface area (Å²) < 4.78 is 5.39. The molecular weight excluding hydrogens is 192 g/mol. The molecule has 0 saturated heterocycles. The van der Waals surface area contributed by atoms with Crippen LogP contribution >= 0.6 is 0 Å². The maximum absolute atomic E-state index is 10.9. The molecule has 0 spiro atoms. The van der Waals surface area contributed by atoms with Crippen LogP contribution < -0.4 is 4.74 Å². The van der Waals surface area contributed by atoms with Crippen molar-refractivity contribution in [2.24, 2.45) is 5.92 Å². The van der Waals surface area contributed by atoms with Crippen molar-refractivity contribution in [3.05, 3.63) is 29.8 Å². The van der Waals surface area contributed by atoms with Gasteiger partial charge in [-0.1, -0.05) is 31.5 Å². The topological polar surface area (TPSA) is 46.5 Å². The Kier molecular flexibility index (Phi) is 3.72. The molecule has 0 aliphatic carbocycles. The summed E-state index contributed by atoms with van der Waals surface area (Å²) in [5.74, 6) is -0.379. The summed E-state index contributed by atoms with van der Waals surface area (Å²) in [6, 6.07) is 7.37. The van der Waals surface area contributed by atoms with Gasteiger partial charge in [-0.3, -0.25) is 0 Å². The van der Waals surface area contributed by atoms with Gasteiger partial charge >= 0.3 is 5.97 Å². The highest BCUT2D eigenvalue weighted by Crippen LogP contribution is 2.16. The fourth-order valence-corrected chi connectivity index (χ4v) is 1.24. The number of rotatable bonds is 4. The molecule has 0 bridgehead atoms. The molecule has 1 rings (SSSR count). The third-order valence-corrected chi connectivity index (χ3v) is 2.13. The van der Waals surface area contributed by atoms with Crippen LogP contribution in [-0.4, -0.2) is 17.2 Å². The van der Waals surface area contributed by atoms with Gasteiger partial charge in [-0.05, 0) is 19.1 Å². The van der Waals surface area contributed by atoms with Gasteiger partial charge in [-0.25, -0.2) is 4.79 Å². The summed E-state index contributed by atoms with van der Waals surface area (Å²) in [4.78, 5) is 10.9. The monoisotopic (exact) mass is 208 g/mol. The van der Waals surface area contributed by atoms with Gasteiger partial charge in [0.25, 0.3) is 0 Å². The van der Waals surface area contributed by atoms with E-state index in [2.05, 4.69) is 0 Å². The quantitative estimate of drug-likeness (QED) is 0.826. The Morgan fingerprint density at radius 3 is 2.20 bits per heavy atom. The maximum atomic E-state index is 10.9. The van der Waals surface area contributed by atoms with E-state index in [-0.39, 0.29) is 5.92 Å². The van der Waals surface area contributed by atoms with Crippen molar-refractivity contribution in [2.75, 3.05) is 0 Å². The number of hydrogen-bond acceptors (Lipinski definition) is 2. The van der Waals surface area contributed by atoms with Crippen molar-refractivity contribution in [1.82, 2.24) is 0 Å². The first-order chi connectivity index (χ1) is 7.00. The normalized spacial score (nSPS) is 12.5. The molecule has 0 heterocycles. The third kappa shape index (κ3) is 3.27. The SMILES string of the molecule is Cc1ccc(O[C@@H](C(=O)O)C(C)C)cc1. The first-order valence-corrected chi connectivity index (χ1v) is 4.97. The van der Waals surface area contributed by atoms with Crippen molar-refractivity contribution >= 4 is 5.97 Å². The highest BCUT2D eigenvalue weighted by Gasteiger charge is 2.23. The molecule has 1 aromatic carbocycles. The van der Waals surface area contributed by atoms with Gasteiger partial charge in [0.2, 0.25) is 0 Å². The molecule has 0 unspecified atom stereocenters. The van der Waals surface area contributed by atoms with E-state index in [1.165, 1.54) is 0 Å². The Balaban J connectivity index is 2.74. The first kappa shape index (κ1) is 11.6. The molecule has 0 aromatic heterocycles. The van der Waals surface area contributed by atoms with Crippen LogP contribution in [0.4, 0.5) is 0 Å². The van der Waals surface area contributed by atoms with Crippen LogP contribution in [0.5, 0.6) is 5.75 Å². The molecule has 0 saturated carbocycles. The number of aliphatic carboxylic acids is 1. The fourth-order valence-electron chi connectivity index (χ4n) is 1.24. The highest BCUT2D eigenvalue weighted by molar-refractivity contribution is 5.73. The average molecular weight is 208 g/mol. The summed E-state index contributed by atoms with van der Waals surface area (Å²) in [6.07, 6.45) is -0.785. The van der Waals surface area contributed by atoms with Crippen LogP contribution in [-0.2, 0) is 4.79 Å². The first-order valence-electron chi connectivity index (χ1n) is 4.97. The summed E-state index contributed by atoms with van der Waals surface area (Å²) in [5.41, 5.74) is 1.12. The number of carboxylic acids is 1. The van der Waals surface area contributed by atoms with Gasteiger partial charge < -0.3 is 9.84 Å².